The van der Waals surface area contributed by atoms with E-state index in [0.717, 1.165) is 19.3 Å². The van der Waals surface area contributed by atoms with E-state index >= 15 is 0 Å². The lowest BCUT2D eigenvalue weighted by atomic mass is 10.2. The van der Waals surface area contributed by atoms with Gasteiger partial charge in [-0.3, -0.25) is 4.79 Å². The minimum absolute atomic E-state index is 0.0476. The molecule has 0 saturated heterocycles. The summed E-state index contributed by atoms with van der Waals surface area (Å²) in [6.07, 6.45) is 3.49. The topological polar surface area (TPSA) is 38.3 Å². The van der Waals surface area contributed by atoms with Crippen LogP contribution in [-0.2, 0) is 4.79 Å². The van der Waals surface area contributed by atoms with Crippen LogP contribution in [0.2, 0.25) is 5.02 Å². The quantitative estimate of drug-likeness (QED) is 0.737. The molecule has 1 rings (SSSR count). The molecule has 1 atom stereocenters. The van der Waals surface area contributed by atoms with E-state index < -0.39 is 6.10 Å². The number of benzene rings is 1. The lowest BCUT2D eigenvalue weighted by molar-refractivity contribution is -0.128. The smallest absolute Gasteiger partial charge is 0.261 e. The minimum atomic E-state index is -0.442. The molecule has 106 valence electrons. The normalized spacial score (nSPS) is 11.9. The van der Waals surface area contributed by atoms with Gasteiger partial charge in [-0.15, -0.1) is 0 Å². The maximum atomic E-state index is 11.9. The first-order valence-electron chi connectivity index (χ1n) is 6.87. The summed E-state index contributed by atoms with van der Waals surface area (Å²) in [7, 11) is 0. The molecular weight excluding hydrogens is 262 g/mol. The Balaban J connectivity index is 2.43. The van der Waals surface area contributed by atoms with Crippen molar-refractivity contribution in [3.05, 3.63) is 29.3 Å². The SMILES string of the molecule is CCCCCNC(=O)[C@@H](CC)Oc1ccc(Cl)cc1. The second-order valence-corrected chi connectivity index (χ2v) is 4.90. The van der Waals surface area contributed by atoms with Gasteiger partial charge in [0.2, 0.25) is 0 Å². The Hall–Kier alpha value is -1.22. The van der Waals surface area contributed by atoms with Crippen LogP contribution >= 0.6 is 11.6 Å². The van der Waals surface area contributed by atoms with Crippen LogP contribution in [0.3, 0.4) is 0 Å². The van der Waals surface area contributed by atoms with E-state index in [4.69, 9.17) is 16.3 Å². The van der Waals surface area contributed by atoms with Crippen molar-refractivity contribution in [1.29, 1.82) is 0 Å². The minimum Gasteiger partial charge on any atom is -0.481 e. The van der Waals surface area contributed by atoms with Gasteiger partial charge in [-0.2, -0.15) is 0 Å². The highest BCUT2D eigenvalue weighted by atomic mass is 35.5. The van der Waals surface area contributed by atoms with Crippen molar-refractivity contribution in [3.63, 3.8) is 0 Å². The number of hydrogen-bond acceptors (Lipinski definition) is 2. The molecule has 0 aliphatic carbocycles. The van der Waals surface area contributed by atoms with Crippen LogP contribution in [0.25, 0.3) is 0 Å². The highest BCUT2D eigenvalue weighted by molar-refractivity contribution is 6.30. The van der Waals surface area contributed by atoms with E-state index in [2.05, 4.69) is 12.2 Å². The van der Waals surface area contributed by atoms with E-state index in [1.807, 2.05) is 6.92 Å². The Kier molecular flexibility index (Phi) is 7.34. The van der Waals surface area contributed by atoms with Crippen molar-refractivity contribution in [1.82, 2.24) is 5.32 Å². The third-order valence-corrected chi connectivity index (χ3v) is 3.09. The Morgan fingerprint density at radius 2 is 1.95 bits per heavy atom. The van der Waals surface area contributed by atoms with Crippen molar-refractivity contribution in [2.24, 2.45) is 0 Å². The van der Waals surface area contributed by atoms with Gasteiger partial charge in [-0.1, -0.05) is 38.3 Å². The molecule has 1 aromatic carbocycles. The predicted molar refractivity (Wildman–Crippen MR) is 78.7 cm³/mol. The summed E-state index contributed by atoms with van der Waals surface area (Å²) >= 11 is 5.81. The number of rotatable bonds is 8. The summed E-state index contributed by atoms with van der Waals surface area (Å²) in [6.45, 7) is 4.79. The fraction of sp³-hybridized carbons (Fsp3) is 0.533. The summed E-state index contributed by atoms with van der Waals surface area (Å²) in [6, 6.07) is 7.05. The summed E-state index contributed by atoms with van der Waals surface area (Å²) in [5.74, 6) is 0.619. The molecule has 0 radical (unpaired) electrons. The molecule has 0 saturated carbocycles. The molecule has 0 unspecified atom stereocenters. The second kappa shape index (κ2) is 8.81. The zero-order chi connectivity index (χ0) is 14.1. The lowest BCUT2D eigenvalue weighted by Crippen LogP contribution is -2.38. The van der Waals surface area contributed by atoms with Gasteiger partial charge in [0.25, 0.3) is 5.91 Å². The van der Waals surface area contributed by atoms with Gasteiger partial charge < -0.3 is 10.1 Å². The van der Waals surface area contributed by atoms with E-state index in [-0.39, 0.29) is 5.91 Å². The number of carbonyl (C=O) groups excluding carboxylic acids is 1. The molecule has 1 N–H and O–H groups in total. The predicted octanol–water partition coefficient (Wildman–Crippen LogP) is 3.80. The van der Waals surface area contributed by atoms with E-state index in [1.54, 1.807) is 24.3 Å². The third-order valence-electron chi connectivity index (χ3n) is 2.83. The molecule has 0 aromatic heterocycles. The summed E-state index contributed by atoms with van der Waals surface area (Å²) < 4.78 is 5.67. The average molecular weight is 284 g/mol. The van der Waals surface area contributed by atoms with Crippen LogP contribution in [0.4, 0.5) is 0 Å². The number of unbranched alkanes of at least 4 members (excludes halogenated alkanes) is 2. The first-order valence-corrected chi connectivity index (χ1v) is 7.25. The number of nitrogens with one attached hydrogen (secondary N) is 1. The molecule has 3 nitrogen and oxygen atoms in total. The Labute approximate surface area is 120 Å². The van der Waals surface area contributed by atoms with Crippen LogP contribution in [0.15, 0.2) is 24.3 Å². The van der Waals surface area contributed by atoms with Gasteiger partial charge in [0.15, 0.2) is 6.10 Å². The highest BCUT2D eigenvalue weighted by Gasteiger charge is 2.17. The van der Waals surface area contributed by atoms with Crippen LogP contribution < -0.4 is 10.1 Å². The fourth-order valence-corrected chi connectivity index (χ4v) is 1.83. The van der Waals surface area contributed by atoms with Crippen LogP contribution in [0.1, 0.15) is 39.5 Å². The largest absolute Gasteiger partial charge is 0.481 e. The molecule has 0 aliphatic rings. The maximum Gasteiger partial charge on any atom is 0.261 e. The molecular formula is C15H22ClNO2. The second-order valence-electron chi connectivity index (χ2n) is 4.47. The van der Waals surface area contributed by atoms with Gasteiger partial charge in [0.05, 0.1) is 0 Å². The Morgan fingerprint density at radius 1 is 1.26 bits per heavy atom. The average Bonchev–Trinajstić information content (AvgIpc) is 2.42. The van der Waals surface area contributed by atoms with Gasteiger partial charge in [0, 0.05) is 11.6 Å². The molecule has 0 fully saturated rings. The molecule has 0 aliphatic heterocycles. The fourth-order valence-electron chi connectivity index (χ4n) is 1.70. The molecule has 1 amide bonds. The van der Waals surface area contributed by atoms with Crippen molar-refractivity contribution in [3.8, 4) is 5.75 Å². The zero-order valence-corrected chi connectivity index (χ0v) is 12.4. The Morgan fingerprint density at radius 3 is 2.53 bits per heavy atom. The van der Waals surface area contributed by atoms with Crippen molar-refractivity contribution in [2.45, 2.75) is 45.6 Å². The number of halogens is 1. The summed E-state index contributed by atoms with van der Waals surface area (Å²) in [5, 5.41) is 3.57. The van der Waals surface area contributed by atoms with E-state index in [0.29, 0.717) is 23.7 Å². The number of hydrogen-bond donors (Lipinski definition) is 1. The van der Waals surface area contributed by atoms with E-state index in [1.165, 1.54) is 0 Å². The van der Waals surface area contributed by atoms with Crippen molar-refractivity contribution >= 4 is 17.5 Å². The van der Waals surface area contributed by atoms with Gasteiger partial charge in [-0.05, 0) is 37.1 Å². The van der Waals surface area contributed by atoms with Gasteiger partial charge >= 0.3 is 0 Å². The first kappa shape index (κ1) is 15.8. The molecule has 1 aromatic rings. The van der Waals surface area contributed by atoms with E-state index in [9.17, 15) is 4.79 Å². The standard InChI is InChI=1S/C15H22ClNO2/c1-3-5-6-11-17-15(18)14(4-2)19-13-9-7-12(16)8-10-13/h7-10,14H,3-6,11H2,1-2H3,(H,17,18)/t14-/m1/s1. The number of ether oxygens (including phenoxy) is 1. The Bertz CT molecular complexity index is 378. The number of carbonyl (C=O) groups is 1. The highest BCUT2D eigenvalue weighted by Crippen LogP contribution is 2.17. The summed E-state index contributed by atoms with van der Waals surface area (Å²) in [5.41, 5.74) is 0. The van der Waals surface area contributed by atoms with Crippen LogP contribution in [0.5, 0.6) is 5.75 Å². The van der Waals surface area contributed by atoms with Crippen molar-refractivity contribution in [2.75, 3.05) is 6.54 Å². The van der Waals surface area contributed by atoms with Crippen molar-refractivity contribution < 1.29 is 9.53 Å². The maximum absolute atomic E-state index is 11.9. The lowest BCUT2D eigenvalue weighted by Gasteiger charge is -2.17. The zero-order valence-electron chi connectivity index (χ0n) is 11.6. The van der Waals surface area contributed by atoms with Crippen LogP contribution in [-0.4, -0.2) is 18.6 Å². The molecule has 4 heteroatoms. The molecule has 0 heterocycles. The van der Waals surface area contributed by atoms with Gasteiger partial charge in [0.1, 0.15) is 5.75 Å². The summed E-state index contributed by atoms with van der Waals surface area (Å²) in [4.78, 5) is 11.9. The molecule has 19 heavy (non-hydrogen) atoms. The van der Waals surface area contributed by atoms with Gasteiger partial charge in [-0.25, -0.2) is 0 Å². The third kappa shape index (κ3) is 5.97. The first-order chi connectivity index (χ1) is 9.17. The number of amides is 1. The van der Waals surface area contributed by atoms with Crippen LogP contribution in [0, 0.1) is 0 Å². The molecule has 0 spiro atoms. The monoisotopic (exact) mass is 283 g/mol. The molecule has 0 bridgehead atoms.